The second-order valence-electron chi connectivity index (χ2n) is 2.93. The molecule has 0 aliphatic carbocycles. The van der Waals surface area contributed by atoms with Crippen molar-refractivity contribution in [2.45, 2.75) is 31.0 Å². The van der Waals surface area contributed by atoms with E-state index >= 15 is 0 Å². The first-order valence-electron chi connectivity index (χ1n) is 5.03. The van der Waals surface area contributed by atoms with E-state index in [4.69, 9.17) is 0 Å². The monoisotopic (exact) mass is 231 g/mol. The van der Waals surface area contributed by atoms with Crippen molar-refractivity contribution >= 4 is 23.3 Å². The fourth-order valence-corrected chi connectivity index (χ4v) is 2.62. The van der Waals surface area contributed by atoms with E-state index in [1.807, 2.05) is 0 Å². The molecular weight excluding hydrogens is 214 g/mol. The van der Waals surface area contributed by atoms with Gasteiger partial charge in [0.1, 0.15) is 5.82 Å². The Hall–Kier alpha value is -0.130. The third kappa shape index (κ3) is 4.39. The molecule has 1 N–H and O–H groups in total. The highest BCUT2D eigenvalue weighted by Crippen LogP contribution is 2.19. The van der Waals surface area contributed by atoms with Gasteiger partial charge >= 0.3 is 0 Å². The highest BCUT2D eigenvalue weighted by molar-refractivity contribution is 8.00. The molecule has 0 aromatic carbocycles. The van der Waals surface area contributed by atoms with E-state index < -0.39 is 0 Å². The molecule has 1 aromatic heterocycles. The quantitative estimate of drug-likeness (QED) is 0.576. The summed E-state index contributed by atoms with van der Waals surface area (Å²) in [4.78, 5) is 4.39. The zero-order valence-corrected chi connectivity index (χ0v) is 10.4. The number of hydrogen-bond acceptors (Lipinski definition) is 5. The molecule has 0 fully saturated rings. The van der Waals surface area contributed by atoms with E-state index in [0.29, 0.717) is 0 Å². The molecule has 0 aliphatic rings. The fraction of sp³-hybridized carbons (Fsp3) is 0.778. The van der Waals surface area contributed by atoms with Gasteiger partial charge in [-0.15, -0.1) is 0 Å². The molecule has 0 atom stereocenters. The van der Waals surface area contributed by atoms with Crippen LogP contribution >= 0.6 is 23.3 Å². The topological polar surface area (TPSA) is 37.8 Å². The lowest BCUT2D eigenvalue weighted by Crippen LogP contribution is -2.17. The molecule has 1 aromatic rings. The fourth-order valence-electron chi connectivity index (χ4n) is 0.952. The second-order valence-corrected chi connectivity index (χ2v) is 5.02. The zero-order chi connectivity index (χ0) is 10.2. The molecule has 0 amide bonds. The van der Waals surface area contributed by atoms with Crippen LogP contribution in [0.25, 0.3) is 0 Å². The predicted molar refractivity (Wildman–Crippen MR) is 63.2 cm³/mol. The van der Waals surface area contributed by atoms with Crippen molar-refractivity contribution in [3.05, 3.63) is 5.82 Å². The lowest BCUT2D eigenvalue weighted by molar-refractivity contribution is 0.707. The number of aromatic nitrogens is 2. The maximum atomic E-state index is 4.39. The molecule has 80 valence electrons. The highest BCUT2D eigenvalue weighted by Gasteiger charge is 2.01. The largest absolute Gasteiger partial charge is 0.316 e. The van der Waals surface area contributed by atoms with Crippen LogP contribution in [0.15, 0.2) is 4.34 Å². The van der Waals surface area contributed by atoms with Crippen molar-refractivity contribution in [2.24, 2.45) is 0 Å². The average molecular weight is 231 g/mol. The Bertz CT molecular complexity index is 250. The molecule has 14 heavy (non-hydrogen) atoms. The summed E-state index contributed by atoms with van der Waals surface area (Å²) >= 11 is 3.30. The van der Waals surface area contributed by atoms with E-state index in [0.717, 1.165) is 35.4 Å². The zero-order valence-electron chi connectivity index (χ0n) is 8.75. The maximum Gasteiger partial charge on any atom is 0.170 e. The van der Waals surface area contributed by atoms with Gasteiger partial charge in [0.15, 0.2) is 4.34 Å². The van der Waals surface area contributed by atoms with E-state index in [9.17, 15) is 0 Å². The van der Waals surface area contributed by atoms with E-state index in [2.05, 4.69) is 28.5 Å². The lowest BCUT2D eigenvalue weighted by Gasteiger charge is -1.99. The van der Waals surface area contributed by atoms with Gasteiger partial charge in [0.2, 0.25) is 0 Å². The van der Waals surface area contributed by atoms with E-state index in [1.165, 1.54) is 18.0 Å². The highest BCUT2D eigenvalue weighted by atomic mass is 32.2. The molecular formula is C9H17N3S2. The molecule has 0 saturated heterocycles. The van der Waals surface area contributed by atoms with Gasteiger partial charge in [-0.1, -0.05) is 25.6 Å². The van der Waals surface area contributed by atoms with Crippen molar-refractivity contribution in [2.75, 3.05) is 18.8 Å². The van der Waals surface area contributed by atoms with Crippen LogP contribution in [-0.2, 0) is 6.42 Å². The second kappa shape index (κ2) is 7.20. The van der Waals surface area contributed by atoms with Crippen LogP contribution in [0.2, 0.25) is 0 Å². The van der Waals surface area contributed by atoms with Gasteiger partial charge in [-0.25, -0.2) is 4.98 Å². The molecule has 0 radical (unpaired) electrons. The first-order valence-corrected chi connectivity index (χ1v) is 6.78. The molecule has 1 heterocycles. The summed E-state index contributed by atoms with van der Waals surface area (Å²) in [6.07, 6.45) is 2.13. The average Bonchev–Trinajstić information content (AvgIpc) is 2.65. The third-order valence-electron chi connectivity index (χ3n) is 1.70. The Morgan fingerprint density at radius 3 is 2.86 bits per heavy atom. The van der Waals surface area contributed by atoms with Gasteiger partial charge in [0.25, 0.3) is 0 Å². The van der Waals surface area contributed by atoms with Gasteiger partial charge < -0.3 is 5.32 Å². The minimum absolute atomic E-state index is 0.936. The molecule has 0 spiro atoms. The van der Waals surface area contributed by atoms with Crippen LogP contribution in [0.1, 0.15) is 26.1 Å². The SMILES string of the molecule is CCCNCCSc1nc(CC)ns1. The van der Waals surface area contributed by atoms with E-state index in [1.54, 1.807) is 11.8 Å². The molecule has 0 saturated carbocycles. The Labute approximate surface area is 93.9 Å². The number of aryl methyl sites for hydroxylation is 1. The first-order chi connectivity index (χ1) is 6.86. The number of hydrogen-bond donors (Lipinski definition) is 1. The van der Waals surface area contributed by atoms with E-state index in [-0.39, 0.29) is 0 Å². The van der Waals surface area contributed by atoms with Crippen LogP contribution in [0.5, 0.6) is 0 Å². The molecule has 0 aliphatic heterocycles. The summed E-state index contributed by atoms with van der Waals surface area (Å²) in [6, 6.07) is 0. The van der Waals surface area contributed by atoms with Gasteiger partial charge in [-0.2, -0.15) is 4.37 Å². The van der Waals surface area contributed by atoms with Crippen LogP contribution in [0.4, 0.5) is 0 Å². The Morgan fingerprint density at radius 2 is 2.21 bits per heavy atom. The van der Waals surface area contributed by atoms with Gasteiger partial charge in [-0.05, 0) is 24.5 Å². The van der Waals surface area contributed by atoms with Crippen molar-refractivity contribution in [3.63, 3.8) is 0 Å². The van der Waals surface area contributed by atoms with Crippen LogP contribution < -0.4 is 5.32 Å². The minimum atomic E-state index is 0.936. The number of rotatable bonds is 7. The van der Waals surface area contributed by atoms with Gasteiger partial charge in [0.05, 0.1) is 0 Å². The van der Waals surface area contributed by atoms with Crippen molar-refractivity contribution < 1.29 is 0 Å². The van der Waals surface area contributed by atoms with Crippen molar-refractivity contribution in [1.82, 2.24) is 14.7 Å². The Kier molecular flexibility index (Phi) is 6.14. The van der Waals surface area contributed by atoms with Gasteiger partial charge in [-0.3, -0.25) is 0 Å². The molecule has 1 rings (SSSR count). The summed E-state index contributed by atoms with van der Waals surface area (Å²) in [5.74, 6) is 2.05. The number of nitrogens with zero attached hydrogens (tertiary/aromatic N) is 2. The molecule has 0 unspecified atom stereocenters. The van der Waals surface area contributed by atoms with Crippen molar-refractivity contribution in [1.29, 1.82) is 0 Å². The van der Waals surface area contributed by atoms with Crippen molar-refractivity contribution in [3.8, 4) is 0 Å². The smallest absolute Gasteiger partial charge is 0.170 e. The minimum Gasteiger partial charge on any atom is -0.316 e. The van der Waals surface area contributed by atoms with Crippen LogP contribution in [0.3, 0.4) is 0 Å². The van der Waals surface area contributed by atoms with Crippen LogP contribution in [-0.4, -0.2) is 28.2 Å². The van der Waals surface area contributed by atoms with Gasteiger partial charge in [0, 0.05) is 18.7 Å². The summed E-state index contributed by atoms with van der Waals surface area (Å²) in [6.45, 7) is 6.42. The summed E-state index contributed by atoms with van der Waals surface area (Å²) in [5, 5.41) is 3.36. The standard InChI is InChI=1S/C9H17N3S2/c1-3-5-10-6-7-13-9-11-8(4-2)12-14-9/h10H,3-7H2,1-2H3. The maximum absolute atomic E-state index is 4.39. The van der Waals surface area contributed by atoms with Crippen LogP contribution in [0, 0.1) is 0 Å². The summed E-state index contributed by atoms with van der Waals surface area (Å²) in [5.41, 5.74) is 0. The molecule has 0 bridgehead atoms. The Balaban J connectivity index is 2.12. The number of nitrogens with one attached hydrogen (secondary N) is 1. The normalized spacial score (nSPS) is 10.7. The lowest BCUT2D eigenvalue weighted by atomic mass is 10.5. The summed E-state index contributed by atoms with van der Waals surface area (Å²) < 4.78 is 5.34. The molecule has 3 nitrogen and oxygen atoms in total. The number of thioether (sulfide) groups is 1. The predicted octanol–water partition coefficient (Wildman–Crippen LogP) is 2.19. The molecule has 5 heteroatoms. The summed E-state index contributed by atoms with van der Waals surface area (Å²) in [7, 11) is 0. The first kappa shape index (κ1) is 11.9. The Morgan fingerprint density at radius 1 is 1.36 bits per heavy atom. The third-order valence-corrected chi connectivity index (χ3v) is 3.57.